The molecule has 5 nitrogen and oxygen atoms in total. The van der Waals surface area contributed by atoms with Gasteiger partial charge in [0.25, 0.3) is 11.8 Å². The first kappa shape index (κ1) is 20.9. The van der Waals surface area contributed by atoms with Gasteiger partial charge in [-0.05, 0) is 61.0 Å². The Morgan fingerprint density at radius 3 is 2.42 bits per heavy atom. The smallest absolute Gasteiger partial charge is 0.278 e. The van der Waals surface area contributed by atoms with Crippen LogP contribution in [0.1, 0.15) is 21.6 Å². The summed E-state index contributed by atoms with van der Waals surface area (Å²) in [4.78, 5) is 28.7. The second kappa shape index (κ2) is 8.78. The van der Waals surface area contributed by atoms with Crippen LogP contribution in [0.15, 0.2) is 65.7 Å². The highest BCUT2D eigenvalue weighted by Gasteiger charge is 2.39. The number of imide groups is 1. The quantitative estimate of drug-likeness (QED) is 0.545. The van der Waals surface area contributed by atoms with E-state index in [1.54, 1.807) is 7.11 Å². The summed E-state index contributed by atoms with van der Waals surface area (Å²) >= 11 is 1.46. The average molecular weight is 433 g/mol. The van der Waals surface area contributed by atoms with E-state index in [-0.39, 0.29) is 11.8 Å². The predicted octanol–water partition coefficient (Wildman–Crippen LogP) is 4.81. The molecule has 0 saturated carbocycles. The molecule has 2 heterocycles. The van der Waals surface area contributed by atoms with Crippen molar-refractivity contribution in [2.24, 2.45) is 0 Å². The number of nitrogens with one attached hydrogen (secondary N) is 1. The number of amides is 2. The number of ether oxygens (including phenoxy) is 1. The lowest BCUT2D eigenvalue weighted by Gasteiger charge is -2.16. The van der Waals surface area contributed by atoms with E-state index in [1.165, 1.54) is 16.2 Å². The fraction of sp³-hybridized carbons (Fsp3) is 0.200. The van der Waals surface area contributed by atoms with Gasteiger partial charge in [0.15, 0.2) is 0 Å². The number of aryl methyl sites for hydroxylation is 2. The summed E-state index contributed by atoms with van der Waals surface area (Å²) in [6, 6.07) is 17.4. The molecule has 0 unspecified atom stereocenters. The summed E-state index contributed by atoms with van der Waals surface area (Å²) in [7, 11) is 1.62. The molecule has 0 spiro atoms. The maximum Gasteiger partial charge on any atom is 0.278 e. The number of thiophene rings is 1. The van der Waals surface area contributed by atoms with Crippen molar-refractivity contribution < 1.29 is 14.3 Å². The average Bonchev–Trinajstić information content (AvgIpc) is 3.36. The number of rotatable bonds is 7. The zero-order valence-electron chi connectivity index (χ0n) is 17.8. The number of anilines is 1. The van der Waals surface area contributed by atoms with Crippen molar-refractivity contribution in [3.8, 4) is 5.75 Å². The van der Waals surface area contributed by atoms with Crippen LogP contribution in [0.5, 0.6) is 5.75 Å². The number of benzene rings is 2. The maximum absolute atomic E-state index is 13.3. The first-order valence-corrected chi connectivity index (χ1v) is 11.0. The van der Waals surface area contributed by atoms with Gasteiger partial charge in [-0.3, -0.25) is 14.5 Å². The van der Waals surface area contributed by atoms with Gasteiger partial charge in [0.05, 0.1) is 12.7 Å². The van der Waals surface area contributed by atoms with Crippen molar-refractivity contribution in [2.75, 3.05) is 19.0 Å². The van der Waals surface area contributed by atoms with E-state index in [9.17, 15) is 9.59 Å². The van der Waals surface area contributed by atoms with Crippen LogP contribution in [0.2, 0.25) is 0 Å². The summed E-state index contributed by atoms with van der Waals surface area (Å²) < 4.78 is 5.19. The van der Waals surface area contributed by atoms with E-state index in [0.717, 1.165) is 33.0 Å². The molecule has 1 aliphatic heterocycles. The van der Waals surface area contributed by atoms with Crippen LogP contribution in [0.4, 0.5) is 5.69 Å². The molecule has 0 fully saturated rings. The Balaban J connectivity index is 1.61. The van der Waals surface area contributed by atoms with Crippen molar-refractivity contribution in [3.63, 3.8) is 0 Å². The third-order valence-electron chi connectivity index (χ3n) is 5.36. The van der Waals surface area contributed by atoms with E-state index in [1.807, 2.05) is 67.8 Å². The Kier molecular flexibility index (Phi) is 5.91. The lowest BCUT2D eigenvalue weighted by atomic mass is 10.1. The van der Waals surface area contributed by atoms with Crippen LogP contribution in [0.25, 0.3) is 5.57 Å². The van der Waals surface area contributed by atoms with Gasteiger partial charge in [-0.2, -0.15) is 0 Å². The van der Waals surface area contributed by atoms with Crippen molar-refractivity contribution in [1.29, 1.82) is 0 Å². The summed E-state index contributed by atoms with van der Waals surface area (Å²) in [6.45, 7) is 4.33. The largest absolute Gasteiger partial charge is 0.497 e. The Bertz CT molecular complexity index is 1150. The normalized spacial score (nSPS) is 13.8. The molecule has 2 amide bonds. The Morgan fingerprint density at radius 2 is 1.77 bits per heavy atom. The molecular formula is C25H24N2O3S. The van der Waals surface area contributed by atoms with E-state index in [2.05, 4.69) is 11.4 Å². The van der Waals surface area contributed by atoms with Gasteiger partial charge in [-0.15, -0.1) is 11.3 Å². The van der Waals surface area contributed by atoms with E-state index < -0.39 is 0 Å². The molecule has 3 aromatic rings. The summed E-state index contributed by atoms with van der Waals surface area (Å²) in [5.41, 5.74) is 4.81. The minimum absolute atomic E-state index is 0.256. The number of carbonyl (C=O) groups excluding carboxylic acids is 2. The third-order valence-corrected chi connectivity index (χ3v) is 6.25. The number of hydrogen-bond donors (Lipinski definition) is 1. The highest BCUT2D eigenvalue weighted by molar-refractivity contribution is 7.11. The van der Waals surface area contributed by atoms with Crippen LogP contribution in [0.3, 0.4) is 0 Å². The molecule has 1 aliphatic rings. The van der Waals surface area contributed by atoms with Crippen LogP contribution < -0.4 is 10.1 Å². The van der Waals surface area contributed by atoms with E-state index in [4.69, 9.17) is 4.74 Å². The van der Waals surface area contributed by atoms with Crippen molar-refractivity contribution >= 4 is 34.4 Å². The summed E-state index contributed by atoms with van der Waals surface area (Å²) in [5, 5.41) is 5.17. The maximum atomic E-state index is 13.3. The fourth-order valence-corrected chi connectivity index (χ4v) is 4.43. The second-order valence-corrected chi connectivity index (χ2v) is 8.48. The minimum Gasteiger partial charge on any atom is -0.497 e. The first-order chi connectivity index (χ1) is 15.0. The van der Waals surface area contributed by atoms with Crippen molar-refractivity contribution in [3.05, 3.63) is 87.2 Å². The third kappa shape index (κ3) is 4.25. The highest BCUT2D eigenvalue weighted by atomic mass is 32.1. The van der Waals surface area contributed by atoms with Crippen molar-refractivity contribution in [2.45, 2.75) is 20.3 Å². The molecule has 6 heteroatoms. The topological polar surface area (TPSA) is 58.6 Å². The lowest BCUT2D eigenvalue weighted by molar-refractivity contribution is -0.136. The molecule has 0 bridgehead atoms. The van der Waals surface area contributed by atoms with E-state index >= 15 is 0 Å². The predicted molar refractivity (Wildman–Crippen MR) is 124 cm³/mol. The van der Waals surface area contributed by atoms with Gasteiger partial charge in [0.1, 0.15) is 11.4 Å². The molecule has 158 valence electrons. The Morgan fingerprint density at radius 1 is 1.00 bits per heavy atom. The molecule has 4 rings (SSSR count). The number of hydrogen-bond acceptors (Lipinski definition) is 5. The van der Waals surface area contributed by atoms with Gasteiger partial charge < -0.3 is 10.1 Å². The Labute approximate surface area is 186 Å². The van der Waals surface area contributed by atoms with E-state index in [0.29, 0.717) is 24.2 Å². The first-order valence-electron chi connectivity index (χ1n) is 10.1. The molecule has 0 aliphatic carbocycles. The molecule has 31 heavy (non-hydrogen) atoms. The molecule has 0 atom stereocenters. The molecule has 0 saturated heterocycles. The molecule has 1 N–H and O–H groups in total. The second-order valence-electron chi connectivity index (χ2n) is 7.53. The highest BCUT2D eigenvalue weighted by Crippen LogP contribution is 2.33. The minimum atomic E-state index is -0.290. The Hall–Kier alpha value is -3.38. The lowest BCUT2D eigenvalue weighted by Crippen LogP contribution is -2.34. The summed E-state index contributed by atoms with van der Waals surface area (Å²) in [6.07, 6.45) is 0.579. The summed E-state index contributed by atoms with van der Waals surface area (Å²) in [5.74, 6) is 0.230. The van der Waals surface area contributed by atoms with Gasteiger partial charge in [0.2, 0.25) is 0 Å². The molecule has 0 radical (unpaired) electrons. The molecule has 2 aromatic carbocycles. The van der Waals surface area contributed by atoms with Crippen LogP contribution in [-0.4, -0.2) is 30.4 Å². The monoisotopic (exact) mass is 432 g/mol. The zero-order valence-corrected chi connectivity index (χ0v) is 18.6. The van der Waals surface area contributed by atoms with Gasteiger partial charge >= 0.3 is 0 Å². The van der Waals surface area contributed by atoms with Crippen LogP contribution in [-0.2, 0) is 16.0 Å². The van der Waals surface area contributed by atoms with Gasteiger partial charge in [-0.25, -0.2) is 0 Å². The van der Waals surface area contributed by atoms with Crippen LogP contribution >= 0.6 is 11.3 Å². The van der Waals surface area contributed by atoms with Gasteiger partial charge in [-0.1, -0.05) is 35.9 Å². The fourth-order valence-electron chi connectivity index (χ4n) is 3.67. The standard InChI is InChI=1S/C25H24N2O3S/c1-16-6-11-20(17(2)15-16)26-23-22(21-5-4-14-31-21)24(28)27(25(23)29)13-12-18-7-9-19(30-3)10-8-18/h4-11,14-15,26H,12-13H2,1-3H3. The molecule has 1 aromatic heterocycles. The SMILES string of the molecule is COc1ccc(CCN2C(=O)C(Nc3ccc(C)cc3C)=C(c3cccs3)C2=O)cc1. The van der Waals surface area contributed by atoms with Crippen molar-refractivity contribution in [1.82, 2.24) is 4.90 Å². The number of nitrogens with zero attached hydrogens (tertiary/aromatic N) is 1. The number of methoxy groups -OCH3 is 1. The van der Waals surface area contributed by atoms with Gasteiger partial charge in [0, 0.05) is 17.1 Å². The molecular weight excluding hydrogens is 408 g/mol. The van der Waals surface area contributed by atoms with Crippen LogP contribution in [0, 0.1) is 13.8 Å². The number of carbonyl (C=O) groups is 2. The zero-order chi connectivity index (χ0) is 22.0.